The zero-order valence-electron chi connectivity index (χ0n) is 19.5. The second-order valence-electron chi connectivity index (χ2n) is 8.75. The third-order valence-electron chi connectivity index (χ3n) is 3.54. The molecule has 0 rings (SSSR count). The summed E-state index contributed by atoms with van der Waals surface area (Å²) in [4.78, 5) is 4.83. The summed E-state index contributed by atoms with van der Waals surface area (Å²) < 4.78 is 86.1. The Hall–Kier alpha value is -1.88. The van der Waals surface area contributed by atoms with E-state index in [4.69, 9.17) is 20.5 Å². The van der Waals surface area contributed by atoms with Crippen molar-refractivity contribution >= 4 is 0 Å². The third-order valence-corrected chi connectivity index (χ3v) is 3.54. The normalized spacial score (nSPS) is 15.9. The minimum Gasteiger partial charge on any atom is -0.363 e. The van der Waals surface area contributed by atoms with Crippen LogP contribution in [0.1, 0.15) is 75.7 Å². The van der Waals surface area contributed by atoms with Crippen LogP contribution < -0.4 is 0 Å². The molecule has 0 saturated heterocycles. The van der Waals surface area contributed by atoms with Crippen molar-refractivity contribution in [2.75, 3.05) is 0 Å². The number of nitrogens with zero attached hydrogens (tertiary/aromatic N) is 6. The van der Waals surface area contributed by atoms with Gasteiger partial charge in [-0.3, -0.25) is 0 Å². The maximum atomic E-state index is 12.7. The Morgan fingerprint density at radius 1 is 0.667 bits per heavy atom. The molecule has 0 heterocycles. The van der Waals surface area contributed by atoms with Gasteiger partial charge in [-0.1, -0.05) is 31.5 Å². The second kappa shape index (κ2) is 14.4. The maximum absolute atomic E-state index is 12.7. The van der Waals surface area contributed by atoms with Crippen molar-refractivity contribution in [1.82, 2.24) is 0 Å². The summed E-state index contributed by atoms with van der Waals surface area (Å²) in [6.45, 7) is 12.2. The van der Waals surface area contributed by atoms with E-state index in [1.54, 1.807) is 0 Å². The van der Waals surface area contributed by atoms with Gasteiger partial charge in [-0.15, -0.1) is 0 Å². The van der Waals surface area contributed by atoms with E-state index in [-0.39, 0.29) is 20.3 Å². The van der Waals surface area contributed by atoms with Crippen molar-refractivity contribution in [3.8, 4) is 0 Å². The topological polar surface area (TPSA) is 116 Å². The van der Waals surface area contributed by atoms with Crippen molar-refractivity contribution < 1.29 is 35.8 Å². The molecule has 8 nitrogen and oxygen atoms in total. The fourth-order valence-electron chi connectivity index (χ4n) is 2.33. The summed E-state index contributed by atoms with van der Waals surface area (Å²) in [7, 11) is 0. The van der Waals surface area contributed by atoms with Gasteiger partial charge in [0.25, 0.3) is 0 Å². The zero-order valence-corrected chi connectivity index (χ0v) is 19.5. The molecule has 0 unspecified atom stereocenters. The summed E-state index contributed by atoms with van der Waals surface area (Å²) >= 11 is 0. The van der Waals surface area contributed by atoms with Crippen LogP contribution in [0.25, 0.3) is 20.9 Å². The molecule has 0 saturated carbocycles. The van der Waals surface area contributed by atoms with E-state index in [0.717, 1.165) is 0 Å². The molecule has 0 radical (unpaired) electrons. The molecule has 0 aliphatic rings. The maximum Gasteiger partial charge on any atom is 0.415 e. The molecule has 33 heavy (non-hydrogen) atoms. The Balaban J connectivity index is -0.000000529. The summed E-state index contributed by atoms with van der Waals surface area (Å²) in [5.74, 6) is 0. The van der Waals surface area contributed by atoms with E-state index in [1.165, 1.54) is 55.4 Å². The van der Waals surface area contributed by atoms with E-state index in [9.17, 15) is 26.3 Å². The first-order valence-corrected chi connectivity index (χ1v) is 9.80. The average Bonchev–Trinajstić information content (AvgIpc) is 2.58. The first kappa shape index (κ1) is 35.7. The van der Waals surface area contributed by atoms with E-state index in [0.29, 0.717) is 0 Å². The molecule has 0 N–H and O–H groups in total. The third kappa shape index (κ3) is 16.4. The number of halogens is 6. The lowest BCUT2D eigenvalue weighted by molar-refractivity contribution is -0.251. The van der Waals surface area contributed by atoms with Crippen molar-refractivity contribution in [2.45, 2.75) is 124 Å². The molecular formula is C19H36F6N6O2. The van der Waals surface area contributed by atoms with Gasteiger partial charge in [-0.2, -0.15) is 26.3 Å². The summed E-state index contributed by atoms with van der Waals surface area (Å²) in [5.41, 5.74) is 14.5. The molecule has 0 spiro atoms. The van der Waals surface area contributed by atoms with E-state index in [1.807, 2.05) is 0 Å². The molecule has 196 valence electrons. The lowest BCUT2D eigenvalue weighted by Gasteiger charge is -2.32. The fraction of sp³-hybridized carbons (Fsp3) is 1.00. The van der Waals surface area contributed by atoms with Crippen LogP contribution in [0, 0.1) is 0 Å². The van der Waals surface area contributed by atoms with Gasteiger partial charge in [0.05, 0.1) is 23.3 Å². The van der Waals surface area contributed by atoms with Crippen LogP contribution in [0.3, 0.4) is 0 Å². The fourth-order valence-corrected chi connectivity index (χ4v) is 2.33. The molecule has 0 aromatic carbocycles. The van der Waals surface area contributed by atoms with Gasteiger partial charge in [-0.25, -0.2) is 0 Å². The first-order valence-electron chi connectivity index (χ1n) is 9.80. The highest BCUT2D eigenvalue weighted by Gasteiger charge is 2.47. The van der Waals surface area contributed by atoms with Crippen molar-refractivity contribution in [2.24, 2.45) is 10.2 Å². The molecule has 14 heteroatoms. The highest BCUT2D eigenvalue weighted by atomic mass is 19.4. The Bertz CT molecular complexity index is 589. The number of hydrogen-bond donors (Lipinski definition) is 0. The van der Waals surface area contributed by atoms with E-state index < -0.39 is 47.8 Å². The Morgan fingerprint density at radius 2 is 0.909 bits per heavy atom. The Kier molecular flexibility index (Phi) is 15.6. The molecule has 0 aliphatic carbocycles. The van der Waals surface area contributed by atoms with Gasteiger partial charge in [0.1, 0.15) is 0 Å². The Morgan fingerprint density at radius 3 is 1.03 bits per heavy atom. The van der Waals surface area contributed by atoms with Crippen LogP contribution in [-0.4, -0.2) is 47.8 Å². The molecule has 0 aromatic rings. The summed E-state index contributed by atoms with van der Waals surface area (Å²) in [6.07, 6.45) is -13.1. The van der Waals surface area contributed by atoms with Crippen LogP contribution in [0.15, 0.2) is 10.2 Å². The van der Waals surface area contributed by atoms with Gasteiger partial charge < -0.3 is 9.47 Å². The molecular weight excluding hydrogens is 458 g/mol. The molecule has 0 aromatic heterocycles. The SMILES string of the molecule is C.CC[C@@H](N=[N+]=[N-])[C@@H](OC(C)(C)C)C(F)(F)F.CC[C@H](N=[N+]=[N-])[C@H](OC(C)(C)C)C(F)(F)F. The average molecular weight is 495 g/mol. The van der Waals surface area contributed by atoms with Crippen LogP contribution in [0.5, 0.6) is 0 Å². The van der Waals surface area contributed by atoms with Gasteiger partial charge in [0, 0.05) is 9.82 Å². The second-order valence-corrected chi connectivity index (χ2v) is 8.75. The molecule has 0 fully saturated rings. The quantitative estimate of drug-likeness (QED) is 0.146. The van der Waals surface area contributed by atoms with Gasteiger partial charge in [0.2, 0.25) is 0 Å². The molecule has 0 bridgehead atoms. The Labute approximate surface area is 191 Å². The zero-order chi connectivity index (χ0) is 26.0. The van der Waals surface area contributed by atoms with Gasteiger partial charge in [0.15, 0.2) is 12.2 Å². The summed E-state index contributed by atoms with van der Waals surface area (Å²) in [6, 6.07) is -2.46. The van der Waals surface area contributed by atoms with Crippen molar-refractivity contribution in [3.05, 3.63) is 20.9 Å². The van der Waals surface area contributed by atoms with Crippen LogP contribution in [0.2, 0.25) is 0 Å². The van der Waals surface area contributed by atoms with Crippen molar-refractivity contribution in [3.63, 3.8) is 0 Å². The van der Waals surface area contributed by atoms with Gasteiger partial charge >= 0.3 is 12.4 Å². The predicted molar refractivity (Wildman–Crippen MR) is 115 cm³/mol. The van der Waals surface area contributed by atoms with Crippen molar-refractivity contribution in [1.29, 1.82) is 0 Å². The van der Waals surface area contributed by atoms with Crippen LogP contribution >= 0.6 is 0 Å². The number of azide groups is 2. The predicted octanol–water partition coefficient (Wildman–Crippen LogP) is 8.28. The summed E-state index contributed by atoms with van der Waals surface area (Å²) in [5, 5.41) is 6.26. The van der Waals surface area contributed by atoms with Gasteiger partial charge in [-0.05, 0) is 65.4 Å². The number of alkyl halides is 6. The highest BCUT2D eigenvalue weighted by Crippen LogP contribution is 2.32. The highest BCUT2D eigenvalue weighted by molar-refractivity contribution is 4.85. The van der Waals surface area contributed by atoms with E-state index >= 15 is 0 Å². The smallest absolute Gasteiger partial charge is 0.363 e. The van der Waals surface area contributed by atoms with E-state index in [2.05, 4.69) is 20.1 Å². The minimum atomic E-state index is -4.54. The number of rotatable bonds is 8. The standard InChI is InChI=1S/2C9H16F3N3O.CH4/c2*1-5-6(14-15-13)7(9(10,11)12)16-8(2,3)4;/h2*6-7H,5H2,1-4H3;1H4/t2*6-,7-;/m10./s1. The van der Waals surface area contributed by atoms with Crippen LogP contribution in [-0.2, 0) is 9.47 Å². The molecule has 0 amide bonds. The number of hydrogen-bond acceptors (Lipinski definition) is 4. The first-order chi connectivity index (χ1) is 14.2. The lowest BCUT2D eigenvalue weighted by Crippen LogP contribution is -2.45. The largest absolute Gasteiger partial charge is 0.415 e. The molecule has 4 atom stereocenters. The minimum absolute atomic E-state index is 0. The molecule has 0 aliphatic heterocycles. The lowest BCUT2D eigenvalue weighted by atomic mass is 10.1. The number of ether oxygens (including phenoxy) is 2. The monoisotopic (exact) mass is 494 g/mol. The van der Waals surface area contributed by atoms with Crippen LogP contribution in [0.4, 0.5) is 26.3 Å².